The van der Waals surface area contributed by atoms with E-state index in [-0.39, 0.29) is 5.95 Å². The maximum atomic E-state index is 11.3. The van der Waals surface area contributed by atoms with Crippen LogP contribution >= 0.6 is 0 Å². The third-order valence-corrected chi connectivity index (χ3v) is 3.09. The fraction of sp³-hybridized carbons (Fsp3) is 0. The Balaban J connectivity index is 2.34. The van der Waals surface area contributed by atoms with Crippen molar-refractivity contribution in [1.29, 1.82) is 5.26 Å². The summed E-state index contributed by atoms with van der Waals surface area (Å²) in [5.41, 5.74) is 13.3. The third kappa shape index (κ3) is 2.04. The zero-order valence-corrected chi connectivity index (χ0v) is 10.8. The van der Waals surface area contributed by atoms with Crippen molar-refractivity contribution in [2.45, 2.75) is 0 Å². The summed E-state index contributed by atoms with van der Waals surface area (Å²) in [4.78, 5) is 22.4. The summed E-state index contributed by atoms with van der Waals surface area (Å²) in [5, 5.41) is 9.74. The summed E-state index contributed by atoms with van der Waals surface area (Å²) in [6.07, 6.45) is 1.54. The van der Waals surface area contributed by atoms with Gasteiger partial charge in [-0.1, -0.05) is 12.1 Å². The number of nitrogens with two attached hydrogens (primary N) is 2. The van der Waals surface area contributed by atoms with E-state index in [2.05, 4.69) is 21.0 Å². The van der Waals surface area contributed by atoms with Gasteiger partial charge in [0.1, 0.15) is 11.7 Å². The number of aromatic nitrogens is 3. The standard InChI is InChI=1S/C14H10N6O/c15-5-9-6-18-13-10(9)11(19-14(17)20-13)7-2-1-3-8(4-7)12(16)21/h1-4,6H,(H2,16,21)(H3,17,18,19,20). The summed E-state index contributed by atoms with van der Waals surface area (Å²) in [6, 6.07) is 8.75. The first-order chi connectivity index (χ1) is 10.1. The van der Waals surface area contributed by atoms with Crippen LogP contribution in [0.1, 0.15) is 15.9 Å². The lowest BCUT2D eigenvalue weighted by molar-refractivity contribution is 0.100. The second-order valence-corrected chi connectivity index (χ2v) is 4.41. The van der Waals surface area contributed by atoms with E-state index in [9.17, 15) is 10.1 Å². The molecule has 0 bridgehead atoms. The minimum absolute atomic E-state index is 0.0771. The lowest BCUT2D eigenvalue weighted by Gasteiger charge is -2.05. The van der Waals surface area contributed by atoms with E-state index in [1.807, 2.05) is 0 Å². The number of aromatic amines is 1. The van der Waals surface area contributed by atoms with E-state index in [0.717, 1.165) is 0 Å². The molecule has 3 aromatic rings. The smallest absolute Gasteiger partial charge is 0.248 e. The average Bonchev–Trinajstić information content (AvgIpc) is 2.89. The number of nitrogen functional groups attached to an aromatic ring is 1. The van der Waals surface area contributed by atoms with Gasteiger partial charge < -0.3 is 16.5 Å². The van der Waals surface area contributed by atoms with Gasteiger partial charge in [0.2, 0.25) is 11.9 Å². The highest BCUT2D eigenvalue weighted by molar-refractivity contribution is 5.98. The summed E-state index contributed by atoms with van der Waals surface area (Å²) < 4.78 is 0. The normalized spacial score (nSPS) is 10.4. The van der Waals surface area contributed by atoms with E-state index in [4.69, 9.17) is 11.5 Å². The van der Waals surface area contributed by atoms with Crippen LogP contribution in [0, 0.1) is 11.3 Å². The van der Waals surface area contributed by atoms with Crippen molar-refractivity contribution >= 4 is 22.9 Å². The molecule has 102 valence electrons. The number of amides is 1. The molecule has 1 amide bonds. The molecule has 5 N–H and O–H groups in total. The highest BCUT2D eigenvalue weighted by Gasteiger charge is 2.15. The number of carbonyl (C=O) groups is 1. The number of primary amides is 1. The number of carbonyl (C=O) groups excluding carboxylic acids is 1. The second-order valence-electron chi connectivity index (χ2n) is 4.41. The number of nitrogens with zero attached hydrogens (tertiary/aromatic N) is 3. The highest BCUT2D eigenvalue weighted by atomic mass is 16.1. The van der Waals surface area contributed by atoms with Crippen molar-refractivity contribution in [2.24, 2.45) is 5.73 Å². The van der Waals surface area contributed by atoms with Crippen LogP contribution < -0.4 is 11.5 Å². The fourth-order valence-corrected chi connectivity index (χ4v) is 2.17. The number of rotatable bonds is 2. The fourth-order valence-electron chi connectivity index (χ4n) is 2.17. The van der Waals surface area contributed by atoms with Crippen LogP contribution in [0.5, 0.6) is 0 Å². The minimum Gasteiger partial charge on any atom is -0.368 e. The molecule has 0 unspecified atom stereocenters. The SMILES string of the molecule is N#Cc1c[nH]c2nc(N)nc(-c3cccc(C(N)=O)c3)c12. The number of H-pyrrole nitrogens is 1. The maximum absolute atomic E-state index is 11.3. The van der Waals surface area contributed by atoms with Crippen molar-refractivity contribution in [3.8, 4) is 17.3 Å². The van der Waals surface area contributed by atoms with Crippen LogP contribution in [0.2, 0.25) is 0 Å². The van der Waals surface area contributed by atoms with E-state index in [0.29, 0.717) is 33.4 Å². The van der Waals surface area contributed by atoms with Gasteiger partial charge in [0, 0.05) is 17.3 Å². The summed E-state index contributed by atoms with van der Waals surface area (Å²) >= 11 is 0. The van der Waals surface area contributed by atoms with Crippen LogP contribution in [0.3, 0.4) is 0 Å². The van der Waals surface area contributed by atoms with E-state index in [1.165, 1.54) is 0 Å². The predicted molar refractivity (Wildman–Crippen MR) is 77.0 cm³/mol. The molecule has 2 aromatic heterocycles. The van der Waals surface area contributed by atoms with Gasteiger partial charge in [-0.25, -0.2) is 4.98 Å². The van der Waals surface area contributed by atoms with Gasteiger partial charge in [-0.05, 0) is 12.1 Å². The van der Waals surface area contributed by atoms with Gasteiger partial charge in [-0.2, -0.15) is 10.2 Å². The van der Waals surface area contributed by atoms with Gasteiger partial charge >= 0.3 is 0 Å². The van der Waals surface area contributed by atoms with Crippen molar-refractivity contribution in [3.63, 3.8) is 0 Å². The van der Waals surface area contributed by atoms with Gasteiger partial charge in [-0.3, -0.25) is 4.79 Å². The number of anilines is 1. The molecule has 0 aliphatic heterocycles. The first-order valence-electron chi connectivity index (χ1n) is 6.05. The number of fused-ring (bicyclic) bond motifs is 1. The molecule has 0 aliphatic carbocycles. The lowest BCUT2D eigenvalue weighted by Crippen LogP contribution is -2.10. The number of nitrogens with one attached hydrogen (secondary N) is 1. The van der Waals surface area contributed by atoms with Gasteiger partial charge in [-0.15, -0.1) is 0 Å². The molecule has 3 rings (SSSR count). The Morgan fingerprint density at radius 1 is 1.33 bits per heavy atom. The summed E-state index contributed by atoms with van der Waals surface area (Å²) in [5.74, 6) is -0.460. The van der Waals surface area contributed by atoms with Gasteiger partial charge in [0.25, 0.3) is 0 Å². The van der Waals surface area contributed by atoms with Crippen LogP contribution in [-0.4, -0.2) is 20.9 Å². The van der Waals surface area contributed by atoms with Gasteiger partial charge in [0.15, 0.2) is 0 Å². The van der Waals surface area contributed by atoms with Crippen LogP contribution in [0.4, 0.5) is 5.95 Å². The van der Waals surface area contributed by atoms with Crippen molar-refractivity contribution < 1.29 is 4.79 Å². The molecule has 21 heavy (non-hydrogen) atoms. The Labute approximate surface area is 119 Å². The zero-order valence-electron chi connectivity index (χ0n) is 10.8. The molecular weight excluding hydrogens is 268 g/mol. The van der Waals surface area contributed by atoms with Crippen molar-refractivity contribution in [1.82, 2.24) is 15.0 Å². The molecule has 7 heteroatoms. The van der Waals surface area contributed by atoms with E-state index >= 15 is 0 Å². The second kappa shape index (κ2) is 4.61. The predicted octanol–water partition coefficient (Wildman–Crippen LogP) is 1.18. The first kappa shape index (κ1) is 12.6. The molecule has 0 radical (unpaired) electrons. The van der Waals surface area contributed by atoms with Crippen LogP contribution in [0.25, 0.3) is 22.3 Å². The molecule has 7 nitrogen and oxygen atoms in total. The third-order valence-electron chi connectivity index (χ3n) is 3.09. The summed E-state index contributed by atoms with van der Waals surface area (Å²) in [6.45, 7) is 0. The summed E-state index contributed by atoms with van der Waals surface area (Å²) in [7, 11) is 0. The molecule has 0 saturated carbocycles. The molecule has 0 aliphatic rings. The minimum atomic E-state index is -0.537. The van der Waals surface area contributed by atoms with E-state index in [1.54, 1.807) is 30.5 Å². The molecule has 0 spiro atoms. The molecule has 0 atom stereocenters. The van der Waals surface area contributed by atoms with Crippen LogP contribution in [0.15, 0.2) is 30.5 Å². The molecule has 0 saturated heterocycles. The number of benzene rings is 1. The Morgan fingerprint density at radius 2 is 2.14 bits per heavy atom. The number of hydrogen-bond acceptors (Lipinski definition) is 5. The highest BCUT2D eigenvalue weighted by Crippen LogP contribution is 2.29. The maximum Gasteiger partial charge on any atom is 0.248 e. The van der Waals surface area contributed by atoms with Crippen molar-refractivity contribution in [3.05, 3.63) is 41.6 Å². The number of hydrogen-bond donors (Lipinski definition) is 3. The first-order valence-corrected chi connectivity index (χ1v) is 6.05. The molecule has 0 fully saturated rings. The van der Waals surface area contributed by atoms with E-state index < -0.39 is 5.91 Å². The Bertz CT molecular complexity index is 905. The lowest BCUT2D eigenvalue weighted by atomic mass is 10.0. The molecule has 1 aromatic carbocycles. The Morgan fingerprint density at radius 3 is 2.86 bits per heavy atom. The topological polar surface area (TPSA) is 134 Å². The average molecular weight is 278 g/mol. The number of nitriles is 1. The monoisotopic (exact) mass is 278 g/mol. The largest absolute Gasteiger partial charge is 0.368 e. The molecule has 2 heterocycles. The van der Waals surface area contributed by atoms with Gasteiger partial charge in [0.05, 0.1) is 16.6 Å². The Hall–Kier alpha value is -3.40. The zero-order chi connectivity index (χ0) is 15.0. The van der Waals surface area contributed by atoms with Crippen molar-refractivity contribution in [2.75, 3.05) is 5.73 Å². The van der Waals surface area contributed by atoms with Crippen LogP contribution in [-0.2, 0) is 0 Å². The quantitative estimate of drug-likeness (QED) is 0.646. The molecular formula is C14H10N6O. The Kier molecular flexibility index (Phi) is 2.77.